The topological polar surface area (TPSA) is 26.3 Å². The Morgan fingerprint density at radius 1 is 1.54 bits per heavy atom. The van der Waals surface area contributed by atoms with Crippen LogP contribution in [-0.4, -0.2) is 22.6 Å². The fraction of sp³-hybridized carbons (Fsp3) is 0.700. The van der Waals surface area contributed by atoms with Crippen LogP contribution in [0.5, 0.6) is 0 Å². The molecule has 0 spiro atoms. The lowest BCUT2D eigenvalue weighted by atomic mass is 9.95. The molecule has 0 aromatic carbocycles. The van der Waals surface area contributed by atoms with E-state index in [0.717, 1.165) is 6.42 Å². The summed E-state index contributed by atoms with van der Waals surface area (Å²) in [6, 6.07) is 0. The van der Waals surface area contributed by atoms with Crippen LogP contribution in [-0.2, 0) is 9.53 Å². The van der Waals surface area contributed by atoms with E-state index in [1.54, 1.807) is 0 Å². The predicted octanol–water partition coefficient (Wildman–Crippen LogP) is 2.00. The maximum Gasteiger partial charge on any atom is 0.310 e. The highest BCUT2D eigenvalue weighted by Crippen LogP contribution is 2.45. The van der Waals surface area contributed by atoms with Crippen molar-refractivity contribution in [3.8, 4) is 0 Å². The molecule has 2 aliphatic rings. The van der Waals surface area contributed by atoms with Crippen molar-refractivity contribution in [3.63, 3.8) is 0 Å². The number of carbonyl (C=O) groups excluding carboxylic acids is 1. The second kappa shape index (κ2) is 3.37. The van der Waals surface area contributed by atoms with Crippen molar-refractivity contribution in [2.45, 2.75) is 36.9 Å². The van der Waals surface area contributed by atoms with E-state index in [0.29, 0.717) is 10.5 Å². The van der Waals surface area contributed by atoms with Crippen LogP contribution in [0.1, 0.15) is 20.3 Å². The summed E-state index contributed by atoms with van der Waals surface area (Å²) in [7, 11) is 0. The van der Waals surface area contributed by atoms with Gasteiger partial charge in [-0.05, 0) is 20.3 Å². The van der Waals surface area contributed by atoms with Gasteiger partial charge in [0, 0.05) is 10.5 Å². The first-order valence-corrected chi connectivity index (χ1v) is 5.65. The van der Waals surface area contributed by atoms with Crippen LogP contribution in [0.2, 0.25) is 0 Å². The van der Waals surface area contributed by atoms with Crippen molar-refractivity contribution in [2.24, 2.45) is 5.92 Å². The molecule has 3 heteroatoms. The van der Waals surface area contributed by atoms with Gasteiger partial charge in [-0.3, -0.25) is 4.79 Å². The van der Waals surface area contributed by atoms with Gasteiger partial charge < -0.3 is 4.74 Å². The van der Waals surface area contributed by atoms with E-state index < -0.39 is 0 Å². The highest BCUT2D eigenvalue weighted by atomic mass is 32.2. The van der Waals surface area contributed by atoms with E-state index in [9.17, 15) is 4.79 Å². The molecule has 2 heterocycles. The third-order valence-electron chi connectivity index (χ3n) is 2.38. The average Bonchev–Trinajstić information content (AvgIpc) is 2.62. The van der Waals surface area contributed by atoms with Gasteiger partial charge >= 0.3 is 5.97 Å². The van der Waals surface area contributed by atoms with E-state index in [1.165, 1.54) is 0 Å². The number of esters is 1. The molecule has 0 radical (unpaired) electrons. The van der Waals surface area contributed by atoms with Crippen LogP contribution in [0.3, 0.4) is 0 Å². The van der Waals surface area contributed by atoms with Crippen molar-refractivity contribution in [3.05, 3.63) is 12.2 Å². The summed E-state index contributed by atoms with van der Waals surface area (Å²) < 4.78 is 5.20. The maximum atomic E-state index is 11.6. The van der Waals surface area contributed by atoms with Gasteiger partial charge in [0.2, 0.25) is 0 Å². The first-order chi connectivity index (χ1) is 6.16. The smallest absolute Gasteiger partial charge is 0.310 e. The number of ether oxygens (including phenoxy) is 1. The van der Waals surface area contributed by atoms with Gasteiger partial charge in [0.15, 0.2) is 0 Å². The highest BCUT2D eigenvalue weighted by Gasteiger charge is 2.41. The number of carbonyl (C=O) groups is 1. The maximum absolute atomic E-state index is 11.6. The highest BCUT2D eigenvalue weighted by molar-refractivity contribution is 8.01. The predicted molar refractivity (Wildman–Crippen MR) is 53.6 cm³/mol. The summed E-state index contributed by atoms with van der Waals surface area (Å²) in [5, 5.41) is 0.950. The van der Waals surface area contributed by atoms with E-state index >= 15 is 0 Å². The Balaban J connectivity index is 1.95. The minimum absolute atomic E-state index is 0.0145. The van der Waals surface area contributed by atoms with Gasteiger partial charge in [-0.2, -0.15) is 0 Å². The van der Waals surface area contributed by atoms with Crippen molar-refractivity contribution in [2.75, 3.05) is 0 Å². The fourth-order valence-electron chi connectivity index (χ4n) is 1.82. The molecule has 0 amide bonds. The first kappa shape index (κ1) is 9.13. The number of thioether (sulfide) groups is 1. The zero-order valence-electron chi connectivity index (χ0n) is 7.90. The molecule has 2 rings (SSSR count). The molecule has 0 saturated carbocycles. The lowest BCUT2D eigenvalue weighted by Crippen LogP contribution is -2.26. The normalized spacial score (nSPS) is 35.8. The van der Waals surface area contributed by atoms with E-state index in [4.69, 9.17) is 4.74 Å². The molecule has 2 aliphatic heterocycles. The minimum atomic E-state index is -0.0145. The van der Waals surface area contributed by atoms with Crippen molar-refractivity contribution >= 4 is 17.7 Å². The van der Waals surface area contributed by atoms with Crippen molar-refractivity contribution in [1.29, 1.82) is 0 Å². The van der Waals surface area contributed by atoms with Gasteiger partial charge in [0.1, 0.15) is 0 Å². The lowest BCUT2D eigenvalue weighted by molar-refractivity contribution is -0.152. The molecular formula is C10H14O2S. The van der Waals surface area contributed by atoms with E-state index in [1.807, 2.05) is 25.6 Å². The van der Waals surface area contributed by atoms with Gasteiger partial charge in [-0.15, -0.1) is 11.8 Å². The summed E-state index contributed by atoms with van der Waals surface area (Å²) in [6.07, 6.45) is 5.33. The van der Waals surface area contributed by atoms with Gasteiger partial charge in [0.05, 0.1) is 12.0 Å². The quantitative estimate of drug-likeness (QED) is 0.501. The monoisotopic (exact) mass is 198 g/mol. The van der Waals surface area contributed by atoms with Crippen LogP contribution in [0.4, 0.5) is 0 Å². The first-order valence-electron chi connectivity index (χ1n) is 4.71. The molecule has 0 aromatic rings. The molecule has 0 N–H and O–H groups in total. The number of fused-ring (bicyclic) bond motifs is 2. The van der Waals surface area contributed by atoms with Crippen molar-refractivity contribution in [1.82, 2.24) is 0 Å². The molecule has 1 saturated heterocycles. The summed E-state index contributed by atoms with van der Waals surface area (Å²) >= 11 is 1.88. The van der Waals surface area contributed by atoms with Crippen LogP contribution in [0.25, 0.3) is 0 Å². The zero-order valence-corrected chi connectivity index (χ0v) is 8.71. The molecular weight excluding hydrogens is 184 g/mol. The molecule has 1 fully saturated rings. The molecule has 2 bridgehead atoms. The van der Waals surface area contributed by atoms with Crippen LogP contribution < -0.4 is 0 Å². The zero-order chi connectivity index (χ0) is 9.42. The summed E-state index contributed by atoms with van der Waals surface area (Å²) in [6.45, 7) is 3.79. The second-order valence-corrected chi connectivity index (χ2v) is 5.27. The Morgan fingerprint density at radius 2 is 2.31 bits per heavy atom. The van der Waals surface area contributed by atoms with Gasteiger partial charge in [-0.25, -0.2) is 0 Å². The molecule has 13 heavy (non-hydrogen) atoms. The van der Waals surface area contributed by atoms with Crippen LogP contribution in [0, 0.1) is 5.92 Å². The number of rotatable bonds is 2. The van der Waals surface area contributed by atoms with E-state index in [-0.39, 0.29) is 18.0 Å². The summed E-state index contributed by atoms with van der Waals surface area (Å²) in [4.78, 5) is 11.6. The Kier molecular flexibility index (Phi) is 2.37. The third-order valence-corrected chi connectivity index (χ3v) is 3.88. The molecule has 3 unspecified atom stereocenters. The van der Waals surface area contributed by atoms with Crippen molar-refractivity contribution < 1.29 is 9.53 Å². The third kappa shape index (κ3) is 1.75. The van der Waals surface area contributed by atoms with Crippen LogP contribution >= 0.6 is 11.8 Å². The Bertz CT molecular complexity index is 247. The molecule has 2 nitrogen and oxygen atoms in total. The average molecular weight is 198 g/mol. The molecule has 3 atom stereocenters. The van der Waals surface area contributed by atoms with Crippen LogP contribution in [0.15, 0.2) is 12.2 Å². The van der Waals surface area contributed by atoms with Gasteiger partial charge in [0.25, 0.3) is 0 Å². The number of hydrogen-bond acceptors (Lipinski definition) is 3. The van der Waals surface area contributed by atoms with E-state index in [2.05, 4.69) is 12.2 Å². The Labute approximate surface area is 82.7 Å². The fourth-order valence-corrected chi connectivity index (χ4v) is 3.32. The summed E-state index contributed by atoms with van der Waals surface area (Å²) in [5.74, 6) is 0.0988. The standard InChI is InChI=1S/C10H14O2S/c1-6(2)12-10(11)8-5-7-3-4-9(8)13-7/h3-4,6-9H,5H2,1-2H3. The molecule has 0 aliphatic carbocycles. The minimum Gasteiger partial charge on any atom is -0.463 e. The lowest BCUT2D eigenvalue weighted by Gasteiger charge is -2.17. The number of hydrogen-bond donors (Lipinski definition) is 0. The summed E-state index contributed by atoms with van der Waals surface area (Å²) in [5.41, 5.74) is 0. The largest absolute Gasteiger partial charge is 0.463 e. The SMILES string of the molecule is CC(C)OC(=O)C1CC2C=CC1S2. The second-order valence-electron chi connectivity index (χ2n) is 3.85. The van der Waals surface area contributed by atoms with Gasteiger partial charge in [-0.1, -0.05) is 12.2 Å². The molecule has 0 aromatic heterocycles. The molecule has 72 valence electrons. The Hall–Kier alpha value is -0.440. The Morgan fingerprint density at radius 3 is 2.77 bits per heavy atom.